The molecule has 1 rings (SSSR count). The lowest BCUT2D eigenvalue weighted by Crippen LogP contribution is -2.46. The van der Waals surface area contributed by atoms with E-state index >= 15 is 0 Å². The monoisotopic (exact) mass is 389 g/mol. The van der Waals surface area contributed by atoms with Crippen molar-refractivity contribution in [3.05, 3.63) is 0 Å². The third kappa shape index (κ3) is 8.84. The fourth-order valence-electron chi connectivity index (χ4n) is 2.22. The van der Waals surface area contributed by atoms with Gasteiger partial charge in [0.25, 0.3) is 0 Å². The number of thioether (sulfide) groups is 1. The number of nitrogens with zero attached hydrogens (tertiary/aromatic N) is 1. The largest absolute Gasteiger partial charge is 0.480 e. The van der Waals surface area contributed by atoms with Crippen molar-refractivity contribution in [2.45, 2.75) is 57.9 Å². The Morgan fingerprint density at radius 3 is 2.31 bits per heavy atom. The van der Waals surface area contributed by atoms with E-state index in [1.54, 1.807) is 0 Å². The van der Waals surface area contributed by atoms with Crippen LogP contribution in [-0.4, -0.2) is 69.2 Å². The summed E-state index contributed by atoms with van der Waals surface area (Å²) in [6, 6.07) is -0.00547. The Bertz CT molecular complexity index is 547. The molecule has 0 radical (unpaired) electrons. The van der Waals surface area contributed by atoms with Gasteiger partial charge in [-0.3, -0.25) is 28.9 Å². The highest BCUT2D eigenvalue weighted by atomic mass is 32.2. The van der Waals surface area contributed by atoms with Crippen LogP contribution >= 0.6 is 11.8 Å². The number of carbonyl (C=O) groups excluding carboxylic acids is 4. The summed E-state index contributed by atoms with van der Waals surface area (Å²) >= 11 is 1.44. The zero-order valence-corrected chi connectivity index (χ0v) is 16.5. The molecule has 9 nitrogen and oxygen atoms in total. The van der Waals surface area contributed by atoms with Gasteiger partial charge in [-0.15, -0.1) is 11.8 Å². The van der Waals surface area contributed by atoms with E-state index in [9.17, 15) is 24.0 Å². The molecule has 0 aromatic heterocycles. The maximum Gasteiger partial charge on any atom is 0.322 e. The molecule has 0 aliphatic carbocycles. The Hall–Kier alpha value is -2.10. The molecule has 0 saturated carbocycles. The van der Waals surface area contributed by atoms with Crippen LogP contribution in [0, 0.1) is 0 Å². The third-order valence-electron chi connectivity index (χ3n) is 3.11. The zero-order chi connectivity index (χ0) is 20.5. The number of nitrogens with one attached hydrogen (secondary N) is 2. The van der Waals surface area contributed by atoms with Gasteiger partial charge in [0.05, 0.1) is 5.25 Å². The van der Waals surface area contributed by atoms with Crippen molar-refractivity contribution in [3.8, 4) is 0 Å². The lowest BCUT2D eigenvalue weighted by Gasteiger charge is -2.30. The van der Waals surface area contributed by atoms with E-state index in [1.165, 1.54) is 23.6 Å². The summed E-state index contributed by atoms with van der Waals surface area (Å²) < 4.78 is 0. The molecule has 3 N–H and O–H groups in total. The highest BCUT2D eigenvalue weighted by Crippen LogP contribution is 2.30. The van der Waals surface area contributed by atoms with Crippen LogP contribution in [0.5, 0.6) is 0 Å². The molecule has 1 aliphatic heterocycles. The zero-order valence-electron chi connectivity index (χ0n) is 15.7. The van der Waals surface area contributed by atoms with Crippen molar-refractivity contribution in [2.24, 2.45) is 0 Å². The molecule has 26 heavy (non-hydrogen) atoms. The Morgan fingerprint density at radius 2 is 1.96 bits per heavy atom. The average Bonchev–Trinajstić information content (AvgIpc) is 2.76. The van der Waals surface area contributed by atoms with Crippen LogP contribution in [0.25, 0.3) is 0 Å². The number of hydrogen-bond donors (Lipinski definition) is 3. The molecule has 4 amide bonds. The van der Waals surface area contributed by atoms with E-state index in [2.05, 4.69) is 5.32 Å². The number of hydrogen-bond acceptors (Lipinski definition) is 6. The first-order valence-corrected chi connectivity index (χ1v) is 9.09. The fourth-order valence-corrected chi connectivity index (χ4v) is 3.33. The minimum absolute atomic E-state index is 0.00547. The van der Waals surface area contributed by atoms with Crippen LogP contribution in [-0.2, 0) is 24.0 Å². The molecule has 1 heterocycles. The highest BCUT2D eigenvalue weighted by molar-refractivity contribution is 8.00. The van der Waals surface area contributed by atoms with Crippen molar-refractivity contribution in [3.63, 3.8) is 0 Å². The number of amides is 4. The number of carboxylic acids is 1. The molecule has 2 unspecified atom stereocenters. The third-order valence-corrected chi connectivity index (χ3v) is 4.57. The second kappa shape index (κ2) is 10.8. The summed E-state index contributed by atoms with van der Waals surface area (Å²) in [6.07, 6.45) is 0.599. The van der Waals surface area contributed by atoms with Crippen LogP contribution in [0.3, 0.4) is 0 Å². The lowest BCUT2D eigenvalue weighted by molar-refractivity contribution is -0.143. The van der Waals surface area contributed by atoms with E-state index in [0.29, 0.717) is 12.2 Å². The quantitative estimate of drug-likeness (QED) is 0.412. The Morgan fingerprint density at radius 1 is 1.38 bits per heavy atom. The summed E-state index contributed by atoms with van der Waals surface area (Å²) in [6.45, 7) is 8.62. The standard InChI is InChI=1S/C13H22N2O3S.C3H5NO3/c1-8(14-9(2)16)7-19-10-6-11(17)15(12(10)18)13(3,4)5;5-2-4-1-3(6)7/h8,10H,6-7H2,1-5H3,(H,14,16);2H,1H2,(H,4,5)(H,6,7). The predicted molar refractivity (Wildman–Crippen MR) is 97.5 cm³/mol. The van der Waals surface area contributed by atoms with Crippen LogP contribution in [0.15, 0.2) is 0 Å². The lowest BCUT2D eigenvalue weighted by atomic mass is 10.1. The van der Waals surface area contributed by atoms with Gasteiger partial charge in [-0.1, -0.05) is 0 Å². The topological polar surface area (TPSA) is 133 Å². The predicted octanol–water partition coefficient (Wildman–Crippen LogP) is -0.0128. The van der Waals surface area contributed by atoms with Crippen molar-refractivity contribution in [1.82, 2.24) is 15.5 Å². The van der Waals surface area contributed by atoms with E-state index in [-0.39, 0.29) is 42.0 Å². The molecule has 0 aromatic rings. The maximum absolute atomic E-state index is 12.2. The number of carbonyl (C=O) groups is 5. The van der Waals surface area contributed by atoms with Crippen molar-refractivity contribution >= 4 is 41.9 Å². The summed E-state index contributed by atoms with van der Waals surface area (Å²) in [5.41, 5.74) is -0.466. The molecule has 0 bridgehead atoms. The summed E-state index contributed by atoms with van der Waals surface area (Å²) in [5, 5.41) is 12.2. The SMILES string of the molecule is CC(=O)NC(C)CSC1CC(=O)N(C(C)(C)C)C1=O.O=CNCC(=O)O. The number of imide groups is 1. The van der Waals surface area contributed by atoms with E-state index in [4.69, 9.17) is 5.11 Å². The molecule has 0 aromatic carbocycles. The van der Waals surface area contributed by atoms with Crippen LogP contribution in [0.2, 0.25) is 0 Å². The minimum atomic E-state index is -1.04. The molecule has 2 atom stereocenters. The first-order valence-electron chi connectivity index (χ1n) is 8.04. The van der Waals surface area contributed by atoms with E-state index < -0.39 is 11.5 Å². The fraction of sp³-hybridized carbons (Fsp3) is 0.688. The Balaban J connectivity index is 0.000000758. The summed E-state index contributed by atoms with van der Waals surface area (Å²) in [7, 11) is 0. The van der Waals surface area contributed by atoms with Crippen LogP contribution in [0.4, 0.5) is 0 Å². The van der Waals surface area contributed by atoms with Gasteiger partial charge in [0.15, 0.2) is 0 Å². The smallest absolute Gasteiger partial charge is 0.322 e. The van der Waals surface area contributed by atoms with Crippen LogP contribution in [0.1, 0.15) is 41.0 Å². The van der Waals surface area contributed by atoms with E-state index in [1.807, 2.05) is 33.0 Å². The van der Waals surface area contributed by atoms with Crippen LogP contribution < -0.4 is 10.6 Å². The number of carboxylic acid groups (broad SMARTS) is 1. The number of likely N-dealkylation sites (tertiary alicyclic amines) is 1. The Kier molecular flexibility index (Phi) is 9.92. The van der Waals surface area contributed by atoms with Gasteiger partial charge in [0.2, 0.25) is 24.1 Å². The first kappa shape index (κ1) is 23.9. The van der Waals surface area contributed by atoms with E-state index in [0.717, 1.165) is 0 Å². The van der Waals surface area contributed by atoms with Crippen molar-refractivity contribution in [2.75, 3.05) is 12.3 Å². The molecule has 148 valence electrons. The van der Waals surface area contributed by atoms with Gasteiger partial charge in [-0.25, -0.2) is 0 Å². The molecule has 0 spiro atoms. The van der Waals surface area contributed by atoms with Gasteiger partial charge in [-0.2, -0.15) is 0 Å². The van der Waals surface area contributed by atoms with Gasteiger partial charge in [0.1, 0.15) is 6.54 Å². The summed E-state index contributed by atoms with van der Waals surface area (Å²) in [4.78, 5) is 55.2. The second-order valence-corrected chi connectivity index (χ2v) is 7.99. The highest BCUT2D eigenvalue weighted by Gasteiger charge is 2.44. The Labute approximate surface area is 157 Å². The molecule has 1 saturated heterocycles. The van der Waals surface area contributed by atoms with Crippen molar-refractivity contribution < 1.29 is 29.1 Å². The van der Waals surface area contributed by atoms with Gasteiger partial charge < -0.3 is 15.7 Å². The molecular formula is C16H27N3O6S. The number of aliphatic carboxylic acids is 1. The first-order chi connectivity index (χ1) is 11.9. The van der Waals surface area contributed by atoms with Gasteiger partial charge in [-0.05, 0) is 27.7 Å². The minimum Gasteiger partial charge on any atom is -0.480 e. The normalized spacial score (nSPS) is 17.9. The summed E-state index contributed by atoms with van der Waals surface area (Å²) in [5.74, 6) is -0.716. The number of rotatable bonds is 7. The molecule has 1 aliphatic rings. The molecule has 10 heteroatoms. The van der Waals surface area contributed by atoms with Gasteiger partial charge in [0, 0.05) is 30.7 Å². The average molecular weight is 389 g/mol. The van der Waals surface area contributed by atoms with Crippen molar-refractivity contribution in [1.29, 1.82) is 0 Å². The molecular weight excluding hydrogens is 362 g/mol. The molecule has 1 fully saturated rings. The maximum atomic E-state index is 12.2. The van der Waals surface area contributed by atoms with Gasteiger partial charge >= 0.3 is 5.97 Å². The second-order valence-electron chi connectivity index (χ2n) is 6.76.